The fourth-order valence-electron chi connectivity index (χ4n) is 3.64. The Morgan fingerprint density at radius 3 is 2.67 bits per heavy atom. The van der Waals surface area contributed by atoms with Crippen LogP contribution in [0.15, 0.2) is 52.8 Å². The van der Waals surface area contributed by atoms with E-state index < -0.39 is 0 Å². The Morgan fingerprint density at radius 1 is 1.17 bits per heavy atom. The molecule has 0 amide bonds. The minimum atomic E-state index is 0.460. The molecule has 2 N–H and O–H groups in total. The first-order valence-electron chi connectivity index (χ1n) is 10.6. The van der Waals surface area contributed by atoms with Crippen LogP contribution in [-0.4, -0.2) is 36.6 Å². The minimum absolute atomic E-state index is 0.460. The predicted molar refractivity (Wildman–Crippen MR) is 130 cm³/mol. The molecule has 1 fully saturated rings. The van der Waals surface area contributed by atoms with E-state index in [1.807, 2.05) is 17.4 Å². The van der Waals surface area contributed by atoms with Gasteiger partial charge in [0.1, 0.15) is 5.01 Å². The summed E-state index contributed by atoms with van der Waals surface area (Å²) in [6.07, 6.45) is 2.25. The molecule has 0 saturated carbocycles. The maximum atomic E-state index is 4.87. The first-order chi connectivity index (χ1) is 14.7. The van der Waals surface area contributed by atoms with Crippen molar-refractivity contribution >= 4 is 33.6 Å². The van der Waals surface area contributed by atoms with E-state index in [4.69, 9.17) is 9.98 Å². The third-order valence-corrected chi connectivity index (χ3v) is 7.41. The van der Waals surface area contributed by atoms with Gasteiger partial charge in [-0.2, -0.15) is 0 Å². The molecular weight excluding hydrogens is 410 g/mol. The summed E-state index contributed by atoms with van der Waals surface area (Å²) in [5.74, 6) is 0.904. The molecule has 0 bridgehead atoms. The van der Waals surface area contributed by atoms with E-state index in [1.54, 1.807) is 11.3 Å². The third-order valence-electron chi connectivity index (χ3n) is 5.29. The Bertz CT molecular complexity index is 941. The molecule has 0 spiro atoms. The molecule has 0 radical (unpaired) electrons. The van der Waals surface area contributed by atoms with Crippen molar-refractivity contribution in [3.8, 4) is 10.6 Å². The van der Waals surface area contributed by atoms with Crippen LogP contribution in [0.2, 0.25) is 0 Å². The van der Waals surface area contributed by atoms with Crippen LogP contribution in [0.25, 0.3) is 10.6 Å². The molecule has 1 aliphatic rings. The van der Waals surface area contributed by atoms with Gasteiger partial charge < -0.3 is 15.5 Å². The Morgan fingerprint density at radius 2 is 1.97 bits per heavy atom. The van der Waals surface area contributed by atoms with Crippen molar-refractivity contribution in [2.24, 2.45) is 4.99 Å². The monoisotopic (exact) mass is 439 g/mol. The van der Waals surface area contributed by atoms with Crippen LogP contribution < -0.4 is 15.5 Å². The Kier molecular flexibility index (Phi) is 7.02. The number of hydrogen-bond donors (Lipinski definition) is 2. The van der Waals surface area contributed by atoms with Crippen LogP contribution in [0.1, 0.15) is 30.3 Å². The summed E-state index contributed by atoms with van der Waals surface area (Å²) in [5, 5.41) is 11.7. The van der Waals surface area contributed by atoms with Gasteiger partial charge in [0, 0.05) is 36.1 Å². The first kappa shape index (κ1) is 20.9. The lowest BCUT2D eigenvalue weighted by Crippen LogP contribution is -2.48. The summed E-state index contributed by atoms with van der Waals surface area (Å²) >= 11 is 3.56. The van der Waals surface area contributed by atoms with Crippen molar-refractivity contribution in [3.05, 3.63) is 58.4 Å². The molecule has 0 unspecified atom stereocenters. The largest absolute Gasteiger partial charge is 0.363 e. The summed E-state index contributed by atoms with van der Waals surface area (Å²) in [6.45, 7) is 7.88. The maximum absolute atomic E-state index is 4.87. The molecule has 1 aliphatic heterocycles. The first-order valence-corrected chi connectivity index (χ1v) is 12.3. The van der Waals surface area contributed by atoms with Gasteiger partial charge in [0.25, 0.3) is 0 Å². The highest BCUT2D eigenvalue weighted by Gasteiger charge is 2.20. The summed E-state index contributed by atoms with van der Waals surface area (Å²) < 4.78 is 0. The molecule has 0 atom stereocenters. The molecule has 3 aromatic rings. The van der Waals surface area contributed by atoms with Gasteiger partial charge in [0.05, 0.1) is 17.2 Å². The van der Waals surface area contributed by atoms with Crippen molar-refractivity contribution in [3.63, 3.8) is 0 Å². The Labute approximate surface area is 186 Å². The predicted octanol–water partition coefficient (Wildman–Crippen LogP) is 4.90. The standard InChI is InChI=1S/C23H29N5S2/c1-3-24-23(27-19-11-13-28(14-12-19)21-10-7-15-29-21)25-16-20-17(2)26-22(30-20)18-8-5-4-6-9-18/h4-10,15,19H,3,11-14,16H2,1-2H3,(H2,24,25,27). The second-order valence-electron chi connectivity index (χ2n) is 7.45. The third kappa shape index (κ3) is 5.21. The van der Waals surface area contributed by atoms with Crippen LogP contribution in [0, 0.1) is 6.92 Å². The highest BCUT2D eigenvalue weighted by Crippen LogP contribution is 2.28. The molecule has 7 heteroatoms. The number of anilines is 1. The van der Waals surface area contributed by atoms with Crippen LogP contribution in [0.5, 0.6) is 0 Å². The van der Waals surface area contributed by atoms with E-state index in [9.17, 15) is 0 Å². The van der Waals surface area contributed by atoms with E-state index in [0.29, 0.717) is 12.6 Å². The number of guanidine groups is 1. The number of aromatic nitrogens is 1. The van der Waals surface area contributed by atoms with Gasteiger partial charge in [0.15, 0.2) is 5.96 Å². The summed E-state index contributed by atoms with van der Waals surface area (Å²) in [5.41, 5.74) is 2.24. The second-order valence-corrected chi connectivity index (χ2v) is 9.46. The van der Waals surface area contributed by atoms with Gasteiger partial charge in [0.2, 0.25) is 0 Å². The zero-order valence-corrected chi connectivity index (χ0v) is 19.2. The van der Waals surface area contributed by atoms with Gasteiger partial charge in [-0.05, 0) is 44.2 Å². The zero-order chi connectivity index (χ0) is 20.8. The molecule has 30 heavy (non-hydrogen) atoms. The summed E-state index contributed by atoms with van der Waals surface area (Å²) in [7, 11) is 0. The van der Waals surface area contributed by atoms with Crippen LogP contribution in [-0.2, 0) is 6.54 Å². The molecule has 5 nitrogen and oxygen atoms in total. The summed E-state index contributed by atoms with van der Waals surface area (Å²) in [6, 6.07) is 15.2. The van der Waals surface area contributed by atoms with Gasteiger partial charge >= 0.3 is 0 Å². The Balaban J connectivity index is 1.37. The number of thiophene rings is 1. The van der Waals surface area contributed by atoms with Crippen LogP contribution in [0.4, 0.5) is 5.00 Å². The molecule has 3 heterocycles. The molecule has 158 valence electrons. The van der Waals surface area contributed by atoms with Gasteiger partial charge in [-0.15, -0.1) is 22.7 Å². The molecular formula is C23H29N5S2. The minimum Gasteiger partial charge on any atom is -0.363 e. The van der Waals surface area contributed by atoms with Crippen molar-refractivity contribution < 1.29 is 0 Å². The average molecular weight is 440 g/mol. The van der Waals surface area contributed by atoms with E-state index >= 15 is 0 Å². The van der Waals surface area contributed by atoms with Crippen molar-refractivity contribution in [1.29, 1.82) is 0 Å². The zero-order valence-electron chi connectivity index (χ0n) is 17.6. The van der Waals surface area contributed by atoms with E-state index in [-0.39, 0.29) is 0 Å². The van der Waals surface area contributed by atoms with Gasteiger partial charge in [-0.25, -0.2) is 9.98 Å². The quantitative estimate of drug-likeness (QED) is 0.423. The topological polar surface area (TPSA) is 52.6 Å². The molecule has 2 aromatic heterocycles. The van der Waals surface area contributed by atoms with Crippen molar-refractivity contribution in [1.82, 2.24) is 15.6 Å². The number of aliphatic imine (C=N–C) groups is 1. The van der Waals surface area contributed by atoms with Crippen molar-refractivity contribution in [2.75, 3.05) is 24.5 Å². The number of aryl methyl sites for hydroxylation is 1. The van der Waals surface area contributed by atoms with Gasteiger partial charge in [-0.3, -0.25) is 0 Å². The number of hydrogen-bond acceptors (Lipinski definition) is 5. The smallest absolute Gasteiger partial charge is 0.191 e. The number of piperidine rings is 1. The lowest BCUT2D eigenvalue weighted by molar-refractivity contribution is 0.463. The lowest BCUT2D eigenvalue weighted by Gasteiger charge is -2.33. The SMILES string of the molecule is CCNC(=NCc1sc(-c2ccccc2)nc1C)NC1CCN(c2cccs2)CC1. The highest BCUT2D eigenvalue weighted by molar-refractivity contribution is 7.15. The maximum Gasteiger partial charge on any atom is 0.191 e. The van der Waals surface area contributed by atoms with Gasteiger partial charge in [-0.1, -0.05) is 30.3 Å². The van der Waals surface area contributed by atoms with Crippen LogP contribution in [0.3, 0.4) is 0 Å². The normalized spacial score (nSPS) is 15.4. The lowest BCUT2D eigenvalue weighted by atomic mass is 10.1. The molecule has 4 rings (SSSR count). The fourth-order valence-corrected chi connectivity index (χ4v) is 5.41. The molecule has 1 saturated heterocycles. The van der Waals surface area contributed by atoms with Crippen LogP contribution >= 0.6 is 22.7 Å². The fraction of sp³-hybridized carbons (Fsp3) is 0.391. The highest BCUT2D eigenvalue weighted by atomic mass is 32.1. The number of nitrogens with zero attached hydrogens (tertiary/aromatic N) is 3. The van der Waals surface area contributed by atoms with E-state index in [0.717, 1.165) is 49.1 Å². The molecule has 0 aliphatic carbocycles. The number of nitrogens with one attached hydrogen (secondary N) is 2. The average Bonchev–Trinajstić information content (AvgIpc) is 3.44. The number of benzene rings is 1. The van der Waals surface area contributed by atoms with Crippen molar-refractivity contribution in [2.45, 2.75) is 39.3 Å². The second kappa shape index (κ2) is 10.1. The number of rotatable bonds is 6. The van der Waals surface area contributed by atoms with E-state index in [1.165, 1.54) is 15.4 Å². The number of thiazole rings is 1. The summed E-state index contributed by atoms with van der Waals surface area (Å²) in [4.78, 5) is 13.3. The Hall–Kier alpha value is -2.38. The molecule has 1 aromatic carbocycles. The van der Waals surface area contributed by atoms with E-state index in [2.05, 4.69) is 71.2 Å².